The van der Waals surface area contributed by atoms with E-state index in [2.05, 4.69) is 255 Å². The average molecular weight is 1020 g/mol. The first-order valence-corrected chi connectivity index (χ1v) is 27.0. The number of anilines is 1. The molecule has 69 heavy (non-hydrogen) atoms. The Bertz CT molecular complexity index is 3280. The molecule has 0 bridgehead atoms. The Kier molecular flexibility index (Phi) is 12.8. The molecule has 0 spiro atoms. The normalized spacial score (nSPS) is 15.2. The summed E-state index contributed by atoms with van der Waals surface area (Å²) in [5.41, 5.74) is 24.0. The number of fused-ring (bicyclic) bond motifs is 3. The van der Waals surface area contributed by atoms with Crippen LogP contribution < -0.4 is 4.90 Å². The van der Waals surface area contributed by atoms with E-state index >= 15 is 0 Å². The minimum absolute atomic E-state index is 0.0619. The van der Waals surface area contributed by atoms with E-state index in [9.17, 15) is 0 Å². The molecular formula is C66H58INS. The van der Waals surface area contributed by atoms with Crippen molar-refractivity contribution < 1.29 is 0 Å². The van der Waals surface area contributed by atoms with Gasteiger partial charge in [-0.1, -0.05) is 218 Å². The first-order valence-electron chi connectivity index (χ1n) is 24.9. The van der Waals surface area contributed by atoms with Crippen molar-refractivity contribution in [3.63, 3.8) is 0 Å². The lowest BCUT2D eigenvalue weighted by Gasteiger charge is -2.36. The summed E-state index contributed by atoms with van der Waals surface area (Å²) in [5, 5.41) is 1.38. The molecule has 3 aliphatic carbocycles. The van der Waals surface area contributed by atoms with Crippen molar-refractivity contribution in [1.82, 2.24) is 0 Å². The molecule has 3 heteroatoms. The third kappa shape index (κ3) is 8.52. The molecule has 0 aliphatic heterocycles. The molecule has 1 atom stereocenters. The molecule has 3 aliphatic rings. The number of rotatable bonds is 13. The molecule has 1 nitrogen and oxygen atoms in total. The number of thiophene rings is 1. The quantitative estimate of drug-likeness (QED) is 0.0481. The van der Waals surface area contributed by atoms with Crippen LogP contribution in [0.25, 0.3) is 68.3 Å². The molecule has 340 valence electrons. The van der Waals surface area contributed by atoms with Gasteiger partial charge in [0.1, 0.15) is 0 Å². The van der Waals surface area contributed by atoms with Gasteiger partial charge in [-0.3, -0.25) is 0 Å². The summed E-state index contributed by atoms with van der Waals surface area (Å²) in [5.74, 6) is 0. The zero-order chi connectivity index (χ0) is 46.9. The van der Waals surface area contributed by atoms with E-state index in [0.29, 0.717) is 0 Å². The molecule has 11 rings (SSSR count). The van der Waals surface area contributed by atoms with Crippen molar-refractivity contribution in [3.8, 4) is 44.5 Å². The highest BCUT2D eigenvalue weighted by Crippen LogP contribution is 2.56. The fraction of sp³-hybridized carbons (Fsp3) is 0.182. The Labute approximate surface area is 427 Å². The van der Waals surface area contributed by atoms with Crippen LogP contribution in [-0.4, -0.2) is 4.05 Å². The number of aryl methyl sites for hydroxylation is 2. The van der Waals surface area contributed by atoms with Crippen LogP contribution in [0.1, 0.15) is 89.8 Å². The maximum atomic E-state index is 2.75. The van der Waals surface area contributed by atoms with Crippen LogP contribution >= 0.6 is 33.9 Å². The second-order valence-corrected chi connectivity index (χ2v) is 21.4. The summed E-state index contributed by atoms with van der Waals surface area (Å²) in [6.45, 7) is 7.10. The highest BCUT2D eigenvalue weighted by molar-refractivity contribution is 14.1. The summed E-state index contributed by atoms with van der Waals surface area (Å²) in [6.07, 6.45) is 19.6. The van der Waals surface area contributed by atoms with E-state index in [1.54, 1.807) is 11.1 Å². The van der Waals surface area contributed by atoms with Crippen LogP contribution in [0.2, 0.25) is 0 Å². The monoisotopic (exact) mass is 1020 g/mol. The van der Waals surface area contributed by atoms with E-state index < -0.39 is 0 Å². The summed E-state index contributed by atoms with van der Waals surface area (Å²) >= 11 is 4.72. The van der Waals surface area contributed by atoms with Crippen molar-refractivity contribution >= 4 is 62.7 Å². The number of alkyl halides is 1. The average Bonchev–Trinajstić information content (AvgIpc) is 3.95. The molecule has 1 unspecified atom stereocenters. The van der Waals surface area contributed by atoms with Gasteiger partial charge in [0, 0.05) is 22.4 Å². The van der Waals surface area contributed by atoms with Gasteiger partial charge in [0.2, 0.25) is 0 Å². The fourth-order valence-electron chi connectivity index (χ4n) is 11.6. The molecule has 0 radical (unpaired) electrons. The largest absolute Gasteiger partial charge is 0.324 e. The second kappa shape index (κ2) is 19.6. The highest BCUT2D eigenvalue weighted by Gasteiger charge is 2.43. The van der Waals surface area contributed by atoms with Crippen molar-refractivity contribution in [2.24, 2.45) is 0 Å². The van der Waals surface area contributed by atoms with Crippen molar-refractivity contribution in [3.05, 3.63) is 243 Å². The molecular weight excluding hydrogens is 966 g/mol. The number of hydrogen-bond donors (Lipinski definition) is 0. The van der Waals surface area contributed by atoms with Crippen molar-refractivity contribution in [1.29, 1.82) is 0 Å². The third-order valence-corrected chi connectivity index (χ3v) is 17.3. The van der Waals surface area contributed by atoms with Gasteiger partial charge in [-0.25, -0.2) is 0 Å². The van der Waals surface area contributed by atoms with Gasteiger partial charge >= 0.3 is 0 Å². The zero-order valence-corrected chi connectivity index (χ0v) is 42.9. The molecule has 1 heterocycles. The second-order valence-electron chi connectivity index (χ2n) is 18.9. The standard InChI is InChI=1S/C66H58INS/c1-4-66(5-2)58-40-46(35-38-55(58)56-39-37-54(44-59(56)66)68(61(67)42-51-31-19-18-22-45(51)3)62-43-52-32-20-21-33-60(52)69-62)34-36-53-41-57(47-23-10-6-11-24-47)64(49-27-14-8-15-28-49)65(50-29-16-9-17-30-50)63(53)48-25-12-7-13-26-48/h6-19,21-31,33-36,38,40-41,43-44,61H,4-5,20,32,37,39,42H2,1-3H3/b36-34+. The summed E-state index contributed by atoms with van der Waals surface area (Å²) in [4.78, 5) is 4.15. The first-order chi connectivity index (χ1) is 33.9. The molecule has 0 saturated carbocycles. The molecule has 0 amide bonds. The third-order valence-electron chi connectivity index (χ3n) is 15.1. The van der Waals surface area contributed by atoms with Crippen molar-refractivity contribution in [2.75, 3.05) is 4.90 Å². The van der Waals surface area contributed by atoms with Crippen molar-refractivity contribution in [2.45, 2.75) is 75.2 Å². The van der Waals surface area contributed by atoms with Crippen LogP contribution in [0.5, 0.6) is 0 Å². The Morgan fingerprint density at radius 1 is 0.623 bits per heavy atom. The zero-order valence-electron chi connectivity index (χ0n) is 39.9. The lowest BCUT2D eigenvalue weighted by molar-refractivity contribution is 0.484. The minimum Gasteiger partial charge on any atom is -0.324 e. The SMILES string of the molecule is CCC1(CC)C2=C(CCC(N(c3cc4c(s3)C=CCC4)C(I)Cc3ccccc3C)=C2)c2ccc(/C=C/c3cc(-c4ccccc4)c(-c4ccccc4)c(-c4ccccc4)c3-c3ccccc3)cc21. The maximum Gasteiger partial charge on any atom is 0.0969 e. The predicted molar refractivity (Wildman–Crippen MR) is 307 cm³/mol. The summed E-state index contributed by atoms with van der Waals surface area (Å²) in [6, 6.07) is 65.2. The number of hydrogen-bond acceptors (Lipinski definition) is 2. The first kappa shape index (κ1) is 45.2. The number of halogens is 1. The van der Waals surface area contributed by atoms with Gasteiger partial charge in [-0.05, 0) is 164 Å². The Morgan fingerprint density at radius 2 is 1.25 bits per heavy atom. The summed E-state index contributed by atoms with van der Waals surface area (Å²) < 4.78 is 0.284. The van der Waals surface area contributed by atoms with Gasteiger partial charge in [-0.15, -0.1) is 11.3 Å². The maximum absolute atomic E-state index is 2.75. The number of benzene rings is 7. The highest BCUT2D eigenvalue weighted by atomic mass is 127. The van der Waals surface area contributed by atoms with E-state index in [1.165, 1.54) is 99.0 Å². The van der Waals surface area contributed by atoms with E-state index in [4.69, 9.17) is 0 Å². The Hall–Kier alpha value is -6.27. The smallest absolute Gasteiger partial charge is 0.0969 e. The van der Waals surface area contributed by atoms with E-state index in [-0.39, 0.29) is 9.46 Å². The molecule has 0 saturated heterocycles. The fourth-order valence-corrected chi connectivity index (χ4v) is 14.1. The lowest BCUT2D eigenvalue weighted by Crippen LogP contribution is -2.33. The van der Waals surface area contributed by atoms with Crippen LogP contribution in [0.4, 0.5) is 5.00 Å². The molecule has 7 aromatic carbocycles. The van der Waals surface area contributed by atoms with Crippen LogP contribution in [0, 0.1) is 6.92 Å². The minimum atomic E-state index is -0.0619. The van der Waals surface area contributed by atoms with E-state index in [0.717, 1.165) is 44.9 Å². The summed E-state index contributed by atoms with van der Waals surface area (Å²) in [7, 11) is 0. The lowest BCUT2D eigenvalue weighted by atomic mass is 9.71. The molecule has 8 aromatic rings. The van der Waals surface area contributed by atoms with Crippen LogP contribution in [0.3, 0.4) is 0 Å². The number of allylic oxidation sites excluding steroid dienone is 5. The predicted octanol–water partition coefficient (Wildman–Crippen LogP) is 18.9. The Balaban J connectivity index is 1.03. The number of nitrogens with zero attached hydrogens (tertiary/aromatic N) is 1. The Morgan fingerprint density at radius 3 is 1.90 bits per heavy atom. The molecule has 1 aromatic heterocycles. The van der Waals surface area contributed by atoms with Crippen LogP contribution in [-0.2, 0) is 18.3 Å². The van der Waals surface area contributed by atoms with Gasteiger partial charge in [0.05, 0.1) is 9.05 Å². The van der Waals surface area contributed by atoms with Gasteiger partial charge in [0.15, 0.2) is 0 Å². The molecule has 0 N–H and O–H groups in total. The van der Waals surface area contributed by atoms with E-state index in [1.807, 2.05) is 11.3 Å². The topological polar surface area (TPSA) is 3.24 Å². The van der Waals surface area contributed by atoms with Gasteiger partial charge in [0.25, 0.3) is 0 Å². The van der Waals surface area contributed by atoms with Gasteiger partial charge < -0.3 is 4.90 Å². The van der Waals surface area contributed by atoms with Gasteiger partial charge in [-0.2, -0.15) is 0 Å². The molecule has 0 fully saturated rings. The van der Waals surface area contributed by atoms with Crippen LogP contribution in [0.15, 0.2) is 199 Å².